The standard InChI is InChI=1S/C12H20N4O.2ClH/c1-13-5-2-12(17)16-6-3-10(4-7-16)11-8-14-15-9-11;;/h8-10,13H,2-7H2,1H3,(H,14,15);2*1H. The van der Waals surface area contributed by atoms with Gasteiger partial charge in [0.2, 0.25) is 5.91 Å². The van der Waals surface area contributed by atoms with Crippen LogP contribution in [-0.4, -0.2) is 47.7 Å². The minimum absolute atomic E-state index is 0. The molecule has 0 atom stereocenters. The summed E-state index contributed by atoms with van der Waals surface area (Å²) in [5, 5.41) is 9.84. The highest BCUT2D eigenvalue weighted by Gasteiger charge is 2.23. The third-order valence-corrected chi connectivity index (χ3v) is 3.43. The molecule has 2 N–H and O–H groups in total. The lowest BCUT2D eigenvalue weighted by atomic mass is 9.91. The van der Waals surface area contributed by atoms with E-state index in [1.54, 1.807) is 0 Å². The average Bonchev–Trinajstić information content (AvgIpc) is 2.90. The molecule has 110 valence electrons. The number of nitrogens with one attached hydrogen (secondary N) is 2. The highest BCUT2D eigenvalue weighted by atomic mass is 35.5. The van der Waals surface area contributed by atoms with Crippen LogP contribution in [0.3, 0.4) is 0 Å². The fourth-order valence-electron chi connectivity index (χ4n) is 2.34. The van der Waals surface area contributed by atoms with Crippen LogP contribution in [0.15, 0.2) is 12.4 Å². The van der Waals surface area contributed by atoms with Gasteiger partial charge in [-0.25, -0.2) is 0 Å². The largest absolute Gasteiger partial charge is 0.343 e. The van der Waals surface area contributed by atoms with Gasteiger partial charge in [-0.3, -0.25) is 9.89 Å². The number of rotatable bonds is 4. The van der Waals surface area contributed by atoms with Gasteiger partial charge in [0.25, 0.3) is 0 Å². The molecule has 0 radical (unpaired) electrons. The molecule has 1 aromatic heterocycles. The van der Waals surface area contributed by atoms with Gasteiger partial charge >= 0.3 is 0 Å². The van der Waals surface area contributed by atoms with Crippen LogP contribution in [0.1, 0.15) is 30.7 Å². The van der Waals surface area contributed by atoms with Gasteiger partial charge in [-0.1, -0.05) is 0 Å². The average molecular weight is 309 g/mol. The molecule has 5 nitrogen and oxygen atoms in total. The minimum atomic E-state index is 0. The van der Waals surface area contributed by atoms with E-state index in [9.17, 15) is 4.79 Å². The topological polar surface area (TPSA) is 61.0 Å². The minimum Gasteiger partial charge on any atom is -0.343 e. The van der Waals surface area contributed by atoms with E-state index in [4.69, 9.17) is 0 Å². The van der Waals surface area contributed by atoms with Crippen LogP contribution in [0, 0.1) is 0 Å². The lowest BCUT2D eigenvalue weighted by molar-refractivity contribution is -0.132. The summed E-state index contributed by atoms with van der Waals surface area (Å²) in [6.07, 6.45) is 6.55. The summed E-state index contributed by atoms with van der Waals surface area (Å²) in [7, 11) is 1.87. The fourth-order valence-corrected chi connectivity index (χ4v) is 2.34. The van der Waals surface area contributed by atoms with Gasteiger partial charge in [0.15, 0.2) is 0 Å². The third-order valence-electron chi connectivity index (χ3n) is 3.43. The molecule has 0 bridgehead atoms. The second-order valence-electron chi connectivity index (χ2n) is 4.54. The first kappa shape index (κ1) is 18.2. The van der Waals surface area contributed by atoms with Crippen LogP contribution in [0.25, 0.3) is 0 Å². The van der Waals surface area contributed by atoms with Gasteiger partial charge in [-0.15, -0.1) is 24.8 Å². The Bertz CT molecular complexity index is 351. The van der Waals surface area contributed by atoms with Crippen molar-refractivity contribution in [2.24, 2.45) is 0 Å². The molecular formula is C12H22Cl2N4O. The normalized spacial score (nSPS) is 15.5. The molecule has 1 amide bonds. The Kier molecular flexibility index (Phi) is 8.80. The van der Waals surface area contributed by atoms with Crippen LogP contribution in [0.5, 0.6) is 0 Å². The molecule has 1 aliphatic rings. The van der Waals surface area contributed by atoms with Gasteiger partial charge in [-0.2, -0.15) is 5.10 Å². The number of carbonyl (C=O) groups is 1. The van der Waals surface area contributed by atoms with E-state index < -0.39 is 0 Å². The lowest BCUT2D eigenvalue weighted by Crippen LogP contribution is -2.38. The predicted molar refractivity (Wildman–Crippen MR) is 80.2 cm³/mol. The first-order valence-electron chi connectivity index (χ1n) is 6.22. The van der Waals surface area contributed by atoms with Gasteiger partial charge in [0.05, 0.1) is 6.20 Å². The van der Waals surface area contributed by atoms with Gasteiger partial charge in [0, 0.05) is 32.3 Å². The Morgan fingerprint density at radius 1 is 1.47 bits per heavy atom. The summed E-state index contributed by atoms with van der Waals surface area (Å²) in [4.78, 5) is 13.8. The highest BCUT2D eigenvalue weighted by molar-refractivity contribution is 5.85. The molecule has 2 rings (SSSR count). The summed E-state index contributed by atoms with van der Waals surface area (Å²) in [6, 6.07) is 0. The van der Waals surface area contributed by atoms with Crippen molar-refractivity contribution in [3.8, 4) is 0 Å². The van der Waals surface area contributed by atoms with Crippen molar-refractivity contribution < 1.29 is 4.79 Å². The van der Waals surface area contributed by atoms with Crippen LogP contribution in [0.2, 0.25) is 0 Å². The molecule has 1 aliphatic heterocycles. The zero-order valence-corrected chi connectivity index (χ0v) is 12.7. The Balaban J connectivity index is 0.00000162. The summed E-state index contributed by atoms with van der Waals surface area (Å²) in [5.41, 5.74) is 1.27. The van der Waals surface area contributed by atoms with Gasteiger partial charge < -0.3 is 10.2 Å². The number of aromatic nitrogens is 2. The monoisotopic (exact) mass is 308 g/mol. The van der Waals surface area contributed by atoms with E-state index in [2.05, 4.69) is 15.5 Å². The number of hydrogen-bond donors (Lipinski definition) is 2. The zero-order valence-electron chi connectivity index (χ0n) is 11.1. The van der Waals surface area contributed by atoms with Crippen molar-refractivity contribution in [1.82, 2.24) is 20.4 Å². The lowest BCUT2D eigenvalue weighted by Gasteiger charge is -2.31. The molecule has 2 heterocycles. The van der Waals surface area contributed by atoms with Crippen molar-refractivity contribution >= 4 is 30.7 Å². The summed E-state index contributed by atoms with van der Waals surface area (Å²) < 4.78 is 0. The number of nitrogens with zero attached hydrogens (tertiary/aromatic N) is 2. The number of H-pyrrole nitrogens is 1. The number of amides is 1. The molecule has 1 aromatic rings. The first-order valence-corrected chi connectivity index (χ1v) is 6.22. The Morgan fingerprint density at radius 2 is 2.16 bits per heavy atom. The van der Waals surface area contributed by atoms with Crippen LogP contribution >= 0.6 is 24.8 Å². The smallest absolute Gasteiger partial charge is 0.223 e. The number of carbonyl (C=O) groups excluding carboxylic acids is 1. The number of aromatic amines is 1. The fraction of sp³-hybridized carbons (Fsp3) is 0.667. The molecule has 0 unspecified atom stereocenters. The first-order chi connectivity index (χ1) is 8.31. The van der Waals surface area contributed by atoms with E-state index in [0.717, 1.165) is 32.5 Å². The molecule has 1 fully saturated rings. The van der Waals surface area contributed by atoms with Crippen molar-refractivity contribution in [3.05, 3.63) is 18.0 Å². The van der Waals surface area contributed by atoms with E-state index in [1.165, 1.54) is 5.56 Å². The van der Waals surface area contributed by atoms with Crippen molar-refractivity contribution in [3.63, 3.8) is 0 Å². The highest BCUT2D eigenvalue weighted by Crippen LogP contribution is 2.27. The van der Waals surface area contributed by atoms with Gasteiger partial charge in [-0.05, 0) is 31.4 Å². The van der Waals surface area contributed by atoms with Crippen molar-refractivity contribution in [1.29, 1.82) is 0 Å². The number of piperidine rings is 1. The number of halogens is 2. The molecule has 0 saturated carbocycles. The quantitative estimate of drug-likeness (QED) is 0.887. The van der Waals surface area contributed by atoms with E-state index in [1.807, 2.05) is 24.3 Å². The van der Waals surface area contributed by atoms with Crippen molar-refractivity contribution in [2.45, 2.75) is 25.2 Å². The Morgan fingerprint density at radius 3 is 2.68 bits per heavy atom. The Hall–Kier alpha value is -0.780. The molecule has 0 aromatic carbocycles. The molecule has 1 saturated heterocycles. The SMILES string of the molecule is CNCCC(=O)N1CCC(c2cn[nH]c2)CC1.Cl.Cl. The van der Waals surface area contributed by atoms with E-state index in [-0.39, 0.29) is 30.7 Å². The van der Waals surface area contributed by atoms with Crippen molar-refractivity contribution in [2.75, 3.05) is 26.7 Å². The molecule has 0 aliphatic carbocycles. The van der Waals surface area contributed by atoms with Crippen LogP contribution in [0.4, 0.5) is 0 Å². The maximum absolute atomic E-state index is 11.8. The van der Waals surface area contributed by atoms with E-state index >= 15 is 0 Å². The molecule has 19 heavy (non-hydrogen) atoms. The molecular weight excluding hydrogens is 287 g/mol. The Labute approximate surface area is 126 Å². The van der Waals surface area contributed by atoms with Crippen LogP contribution in [-0.2, 0) is 4.79 Å². The number of hydrogen-bond acceptors (Lipinski definition) is 3. The van der Waals surface area contributed by atoms with Crippen LogP contribution < -0.4 is 5.32 Å². The number of likely N-dealkylation sites (tertiary alicyclic amines) is 1. The maximum atomic E-state index is 11.8. The predicted octanol–water partition coefficient (Wildman–Crippen LogP) is 1.57. The summed E-state index contributed by atoms with van der Waals surface area (Å²) >= 11 is 0. The van der Waals surface area contributed by atoms with Gasteiger partial charge in [0.1, 0.15) is 0 Å². The summed E-state index contributed by atoms with van der Waals surface area (Å²) in [5.74, 6) is 0.826. The molecule has 0 spiro atoms. The molecule has 7 heteroatoms. The second-order valence-corrected chi connectivity index (χ2v) is 4.54. The maximum Gasteiger partial charge on any atom is 0.223 e. The van der Waals surface area contributed by atoms with E-state index in [0.29, 0.717) is 12.3 Å². The third kappa shape index (κ3) is 5.01. The second kappa shape index (κ2) is 9.18. The summed E-state index contributed by atoms with van der Waals surface area (Å²) in [6.45, 7) is 2.51. The zero-order chi connectivity index (χ0) is 12.1.